The molecule has 0 aliphatic rings. The Morgan fingerprint density at radius 2 is 2.20 bits per heavy atom. The highest BCUT2D eigenvalue weighted by molar-refractivity contribution is 9.10. The fourth-order valence-corrected chi connectivity index (χ4v) is 1.53. The predicted octanol–water partition coefficient (Wildman–Crippen LogP) is 2.72. The lowest BCUT2D eigenvalue weighted by molar-refractivity contribution is 0.217. The van der Waals surface area contributed by atoms with Crippen LogP contribution in [0.2, 0.25) is 0 Å². The Bertz CT molecular complexity index is 339. The van der Waals surface area contributed by atoms with Gasteiger partial charge in [-0.15, -0.1) is 0 Å². The third kappa shape index (κ3) is 3.20. The Kier molecular flexibility index (Phi) is 4.55. The van der Waals surface area contributed by atoms with Crippen LogP contribution in [0.1, 0.15) is 13.8 Å². The average Bonchev–Trinajstić information content (AvgIpc) is 2.23. The molecule has 1 aromatic heterocycles. The lowest BCUT2D eigenvalue weighted by Crippen LogP contribution is -2.34. The summed E-state index contributed by atoms with van der Waals surface area (Å²) in [6.07, 6.45) is 3.29. The fourth-order valence-electron chi connectivity index (χ4n) is 1.18. The van der Waals surface area contributed by atoms with Crippen LogP contribution < -0.4 is 5.32 Å². The molecule has 1 heterocycles. The quantitative estimate of drug-likeness (QED) is 0.919. The Hall–Kier alpha value is -1.10. The lowest BCUT2D eigenvalue weighted by atomic mass is 10.4. The summed E-state index contributed by atoms with van der Waals surface area (Å²) in [6, 6.07) is 1.66. The van der Waals surface area contributed by atoms with Crippen LogP contribution in [0, 0.1) is 0 Å². The summed E-state index contributed by atoms with van der Waals surface area (Å²) in [6.45, 7) is 5.30. The second-order valence-electron chi connectivity index (χ2n) is 2.96. The molecule has 0 radical (unpaired) electrons. The smallest absolute Gasteiger partial charge is 0.321 e. The number of aromatic nitrogens is 1. The number of hydrogen-bond donors (Lipinski definition) is 1. The molecule has 0 aliphatic carbocycles. The fraction of sp³-hybridized carbons (Fsp3) is 0.400. The van der Waals surface area contributed by atoms with Gasteiger partial charge in [0.2, 0.25) is 0 Å². The van der Waals surface area contributed by atoms with Crippen LogP contribution in [0.15, 0.2) is 22.9 Å². The number of hydrogen-bond acceptors (Lipinski definition) is 2. The first-order valence-electron chi connectivity index (χ1n) is 4.84. The molecular weight excluding hydrogens is 258 g/mol. The largest absolute Gasteiger partial charge is 0.325 e. The van der Waals surface area contributed by atoms with E-state index in [1.165, 1.54) is 0 Å². The van der Waals surface area contributed by atoms with Gasteiger partial charge in [-0.1, -0.05) is 0 Å². The number of carbonyl (C=O) groups excluding carboxylic acids is 1. The van der Waals surface area contributed by atoms with Crippen LogP contribution in [-0.4, -0.2) is 29.0 Å². The van der Waals surface area contributed by atoms with E-state index in [4.69, 9.17) is 0 Å². The Morgan fingerprint density at radius 1 is 1.53 bits per heavy atom. The zero-order valence-corrected chi connectivity index (χ0v) is 10.4. The van der Waals surface area contributed by atoms with Crippen molar-refractivity contribution < 1.29 is 4.79 Å². The normalized spacial score (nSPS) is 9.80. The van der Waals surface area contributed by atoms with E-state index in [0.717, 1.165) is 10.2 Å². The van der Waals surface area contributed by atoms with Gasteiger partial charge in [0.15, 0.2) is 0 Å². The van der Waals surface area contributed by atoms with Gasteiger partial charge in [0, 0.05) is 25.5 Å². The number of nitrogens with one attached hydrogen (secondary N) is 1. The molecule has 1 rings (SSSR count). The standard InChI is InChI=1S/C10H14BrN3O/c1-3-14(4-2)10(15)13-9-5-6-12-7-8(9)11/h5-7H,3-4H2,1-2H3,(H,12,13,15). The topological polar surface area (TPSA) is 45.2 Å². The van der Waals surface area contributed by atoms with E-state index in [1.54, 1.807) is 23.4 Å². The molecule has 0 atom stereocenters. The zero-order chi connectivity index (χ0) is 11.3. The van der Waals surface area contributed by atoms with Crippen LogP contribution in [0.25, 0.3) is 0 Å². The third-order valence-electron chi connectivity index (χ3n) is 2.06. The van der Waals surface area contributed by atoms with E-state index in [9.17, 15) is 4.79 Å². The van der Waals surface area contributed by atoms with Gasteiger partial charge >= 0.3 is 6.03 Å². The maximum atomic E-state index is 11.7. The number of urea groups is 1. The van der Waals surface area contributed by atoms with Crippen LogP contribution in [0.3, 0.4) is 0 Å². The number of halogens is 1. The third-order valence-corrected chi connectivity index (χ3v) is 2.70. The summed E-state index contributed by atoms with van der Waals surface area (Å²) in [4.78, 5) is 17.3. The Balaban J connectivity index is 2.70. The van der Waals surface area contributed by atoms with E-state index < -0.39 is 0 Å². The maximum absolute atomic E-state index is 11.7. The molecule has 0 aliphatic heterocycles. The molecule has 15 heavy (non-hydrogen) atoms. The minimum Gasteiger partial charge on any atom is -0.325 e. The van der Waals surface area contributed by atoms with Gasteiger partial charge in [-0.2, -0.15) is 0 Å². The molecule has 0 saturated carbocycles. The highest BCUT2D eigenvalue weighted by Gasteiger charge is 2.10. The first-order valence-corrected chi connectivity index (χ1v) is 5.63. The van der Waals surface area contributed by atoms with Crippen molar-refractivity contribution in [3.05, 3.63) is 22.9 Å². The number of amides is 2. The van der Waals surface area contributed by atoms with Gasteiger partial charge in [-0.05, 0) is 35.8 Å². The van der Waals surface area contributed by atoms with Crippen molar-refractivity contribution in [2.75, 3.05) is 18.4 Å². The SMILES string of the molecule is CCN(CC)C(=O)Nc1ccncc1Br. The first-order chi connectivity index (χ1) is 7.19. The molecule has 1 aromatic rings. The van der Waals surface area contributed by atoms with Crippen molar-refractivity contribution in [1.82, 2.24) is 9.88 Å². The van der Waals surface area contributed by atoms with Gasteiger partial charge in [0.25, 0.3) is 0 Å². The molecule has 0 aromatic carbocycles. The molecule has 1 N–H and O–H groups in total. The highest BCUT2D eigenvalue weighted by atomic mass is 79.9. The number of rotatable bonds is 3. The van der Waals surface area contributed by atoms with Gasteiger partial charge in [0.05, 0.1) is 10.2 Å². The maximum Gasteiger partial charge on any atom is 0.321 e. The second-order valence-corrected chi connectivity index (χ2v) is 3.81. The molecule has 5 heteroatoms. The molecule has 0 spiro atoms. The van der Waals surface area contributed by atoms with E-state index in [-0.39, 0.29) is 6.03 Å². The van der Waals surface area contributed by atoms with Gasteiger partial charge < -0.3 is 10.2 Å². The molecule has 2 amide bonds. The summed E-state index contributed by atoms with van der Waals surface area (Å²) < 4.78 is 0.783. The van der Waals surface area contributed by atoms with Crippen molar-refractivity contribution in [1.29, 1.82) is 0 Å². The molecule has 82 valence electrons. The Morgan fingerprint density at radius 3 is 2.73 bits per heavy atom. The van der Waals surface area contributed by atoms with Crippen LogP contribution >= 0.6 is 15.9 Å². The summed E-state index contributed by atoms with van der Waals surface area (Å²) in [5.41, 5.74) is 0.738. The van der Waals surface area contributed by atoms with Crippen molar-refractivity contribution in [3.8, 4) is 0 Å². The highest BCUT2D eigenvalue weighted by Crippen LogP contribution is 2.20. The molecule has 0 saturated heterocycles. The zero-order valence-electron chi connectivity index (χ0n) is 8.83. The van der Waals surface area contributed by atoms with Crippen molar-refractivity contribution in [2.24, 2.45) is 0 Å². The first kappa shape index (κ1) is 12.0. The van der Waals surface area contributed by atoms with Gasteiger partial charge in [0.1, 0.15) is 0 Å². The number of pyridine rings is 1. The molecule has 4 nitrogen and oxygen atoms in total. The predicted molar refractivity (Wildman–Crippen MR) is 63.9 cm³/mol. The van der Waals surface area contributed by atoms with E-state index in [0.29, 0.717) is 13.1 Å². The van der Waals surface area contributed by atoms with E-state index in [1.807, 2.05) is 13.8 Å². The van der Waals surface area contributed by atoms with Crippen molar-refractivity contribution in [2.45, 2.75) is 13.8 Å². The monoisotopic (exact) mass is 271 g/mol. The number of nitrogens with zero attached hydrogens (tertiary/aromatic N) is 2. The van der Waals surface area contributed by atoms with E-state index in [2.05, 4.69) is 26.2 Å². The number of anilines is 1. The van der Waals surface area contributed by atoms with Gasteiger partial charge in [-0.25, -0.2) is 4.79 Å². The summed E-state index contributed by atoms with van der Waals surface area (Å²) >= 11 is 3.32. The van der Waals surface area contributed by atoms with Crippen LogP contribution in [0.5, 0.6) is 0 Å². The minimum atomic E-state index is -0.0908. The molecule has 0 bridgehead atoms. The van der Waals surface area contributed by atoms with Crippen molar-refractivity contribution in [3.63, 3.8) is 0 Å². The van der Waals surface area contributed by atoms with E-state index >= 15 is 0 Å². The van der Waals surface area contributed by atoms with Gasteiger partial charge in [-0.3, -0.25) is 4.98 Å². The number of carbonyl (C=O) groups is 1. The molecular formula is C10H14BrN3O. The molecule has 0 fully saturated rings. The summed E-state index contributed by atoms with van der Waals surface area (Å²) in [7, 11) is 0. The van der Waals surface area contributed by atoms with Crippen LogP contribution in [0.4, 0.5) is 10.5 Å². The average molecular weight is 272 g/mol. The summed E-state index contributed by atoms with van der Waals surface area (Å²) in [5, 5.41) is 2.81. The lowest BCUT2D eigenvalue weighted by Gasteiger charge is -2.19. The second kappa shape index (κ2) is 5.70. The minimum absolute atomic E-state index is 0.0908. The van der Waals surface area contributed by atoms with Crippen molar-refractivity contribution >= 4 is 27.6 Å². The Labute approximate surface area is 97.8 Å². The summed E-state index contributed by atoms with van der Waals surface area (Å²) in [5.74, 6) is 0. The van der Waals surface area contributed by atoms with Crippen LogP contribution in [-0.2, 0) is 0 Å². The molecule has 0 unspecified atom stereocenters.